The van der Waals surface area contributed by atoms with Crippen molar-refractivity contribution in [1.82, 2.24) is 15.1 Å². The van der Waals surface area contributed by atoms with E-state index in [1.807, 2.05) is 4.90 Å². The largest absolute Gasteiger partial charge is 0.378 e. The van der Waals surface area contributed by atoms with Gasteiger partial charge < -0.3 is 15.0 Å². The van der Waals surface area contributed by atoms with Gasteiger partial charge in [0.1, 0.15) is 0 Å². The Morgan fingerprint density at radius 1 is 1.16 bits per heavy atom. The van der Waals surface area contributed by atoms with Crippen molar-refractivity contribution in [3.05, 3.63) is 0 Å². The maximum atomic E-state index is 11.7. The summed E-state index contributed by atoms with van der Waals surface area (Å²) in [5.74, 6) is 0. The standard InChI is InChI=1S/C14H25N3O2/c1-13-3-4-14(17(13)9-10-19-11-13)5-7-16(8-6-14)12(18)15-2/h3-11H2,1-2H3,(H,15,18). The van der Waals surface area contributed by atoms with Crippen molar-refractivity contribution in [2.24, 2.45) is 0 Å². The summed E-state index contributed by atoms with van der Waals surface area (Å²) in [5.41, 5.74) is 0.552. The lowest BCUT2D eigenvalue weighted by molar-refractivity contribution is -0.0888. The zero-order valence-corrected chi connectivity index (χ0v) is 12.1. The number of nitrogens with zero attached hydrogens (tertiary/aromatic N) is 2. The van der Waals surface area contributed by atoms with Crippen LogP contribution < -0.4 is 5.32 Å². The molecule has 3 rings (SSSR count). The number of nitrogens with one attached hydrogen (secondary N) is 1. The van der Waals surface area contributed by atoms with Gasteiger partial charge >= 0.3 is 6.03 Å². The van der Waals surface area contributed by atoms with Crippen LogP contribution in [0.1, 0.15) is 32.6 Å². The Labute approximate surface area is 115 Å². The summed E-state index contributed by atoms with van der Waals surface area (Å²) in [6.45, 7) is 6.88. The average molecular weight is 267 g/mol. The molecule has 1 spiro atoms. The minimum atomic E-state index is 0.0672. The number of morpholine rings is 1. The maximum absolute atomic E-state index is 11.7. The number of rotatable bonds is 0. The van der Waals surface area contributed by atoms with E-state index in [-0.39, 0.29) is 11.6 Å². The lowest BCUT2D eigenvalue weighted by atomic mass is 9.85. The quantitative estimate of drug-likeness (QED) is 0.713. The van der Waals surface area contributed by atoms with Crippen molar-refractivity contribution in [3.63, 3.8) is 0 Å². The molecule has 0 aromatic heterocycles. The van der Waals surface area contributed by atoms with Gasteiger partial charge in [-0.25, -0.2) is 4.79 Å². The summed E-state index contributed by atoms with van der Waals surface area (Å²) in [6.07, 6.45) is 4.70. The van der Waals surface area contributed by atoms with Crippen molar-refractivity contribution in [2.45, 2.75) is 43.7 Å². The highest BCUT2D eigenvalue weighted by Gasteiger charge is 2.54. The summed E-state index contributed by atoms with van der Waals surface area (Å²) in [4.78, 5) is 16.3. The van der Waals surface area contributed by atoms with Crippen LogP contribution in [0.25, 0.3) is 0 Å². The highest BCUT2D eigenvalue weighted by molar-refractivity contribution is 5.73. The summed E-state index contributed by atoms with van der Waals surface area (Å²) < 4.78 is 5.68. The Morgan fingerprint density at radius 2 is 1.89 bits per heavy atom. The second kappa shape index (κ2) is 4.63. The van der Waals surface area contributed by atoms with Crippen molar-refractivity contribution in [1.29, 1.82) is 0 Å². The minimum Gasteiger partial charge on any atom is -0.378 e. The molecular weight excluding hydrogens is 242 g/mol. The fourth-order valence-electron chi connectivity index (χ4n) is 4.25. The molecule has 3 heterocycles. The molecule has 0 radical (unpaired) electrons. The van der Waals surface area contributed by atoms with E-state index in [4.69, 9.17) is 4.74 Å². The summed E-state index contributed by atoms with van der Waals surface area (Å²) in [6, 6.07) is 0.0672. The highest BCUT2D eigenvalue weighted by atomic mass is 16.5. The number of likely N-dealkylation sites (tertiary alicyclic amines) is 1. The van der Waals surface area contributed by atoms with Crippen LogP contribution in [0.3, 0.4) is 0 Å². The van der Waals surface area contributed by atoms with Gasteiger partial charge in [-0.3, -0.25) is 4.90 Å². The van der Waals surface area contributed by atoms with E-state index in [0.717, 1.165) is 45.7 Å². The molecule has 1 unspecified atom stereocenters. The molecule has 3 fully saturated rings. The molecule has 3 saturated heterocycles. The Bertz CT molecular complexity index is 366. The average Bonchev–Trinajstić information content (AvgIpc) is 2.73. The van der Waals surface area contributed by atoms with Crippen LogP contribution in [-0.2, 0) is 4.74 Å². The van der Waals surface area contributed by atoms with E-state index < -0.39 is 0 Å². The van der Waals surface area contributed by atoms with E-state index in [9.17, 15) is 4.79 Å². The van der Waals surface area contributed by atoms with Crippen molar-refractivity contribution in [2.75, 3.05) is 39.9 Å². The van der Waals surface area contributed by atoms with Gasteiger partial charge in [0.05, 0.1) is 13.2 Å². The Kier molecular flexibility index (Phi) is 3.21. The smallest absolute Gasteiger partial charge is 0.317 e. The molecule has 19 heavy (non-hydrogen) atoms. The van der Waals surface area contributed by atoms with Gasteiger partial charge in [0.2, 0.25) is 0 Å². The molecule has 5 nitrogen and oxygen atoms in total. The lowest BCUT2D eigenvalue weighted by Crippen LogP contribution is -2.62. The minimum absolute atomic E-state index is 0.0672. The fraction of sp³-hybridized carbons (Fsp3) is 0.929. The molecule has 0 bridgehead atoms. The SMILES string of the molecule is CNC(=O)N1CCC2(CC1)CCC1(C)COCCN12. The Hall–Kier alpha value is -0.810. The number of carbonyl (C=O) groups is 1. The van der Waals surface area contributed by atoms with Crippen LogP contribution in [0.4, 0.5) is 4.79 Å². The number of carbonyl (C=O) groups excluding carboxylic acids is 1. The van der Waals surface area contributed by atoms with Gasteiger partial charge in [-0.15, -0.1) is 0 Å². The van der Waals surface area contributed by atoms with Crippen molar-refractivity contribution >= 4 is 6.03 Å². The molecule has 3 aliphatic rings. The first-order chi connectivity index (χ1) is 9.10. The van der Waals surface area contributed by atoms with E-state index in [0.29, 0.717) is 5.54 Å². The topological polar surface area (TPSA) is 44.8 Å². The first-order valence-electron chi connectivity index (χ1n) is 7.42. The molecule has 0 aromatic carbocycles. The van der Waals surface area contributed by atoms with Crippen LogP contribution in [0, 0.1) is 0 Å². The van der Waals surface area contributed by atoms with Gasteiger partial charge in [-0.1, -0.05) is 0 Å². The molecule has 1 N–H and O–H groups in total. The highest BCUT2D eigenvalue weighted by Crippen LogP contribution is 2.47. The molecule has 2 amide bonds. The molecule has 0 aliphatic carbocycles. The monoisotopic (exact) mass is 267 g/mol. The third-order valence-corrected chi connectivity index (χ3v) is 5.42. The third kappa shape index (κ3) is 2.03. The van der Waals surface area contributed by atoms with Gasteiger partial charge in [-0.2, -0.15) is 0 Å². The predicted octanol–water partition coefficient (Wildman–Crippen LogP) is 1.05. The van der Waals surface area contributed by atoms with Crippen LogP contribution in [0.2, 0.25) is 0 Å². The molecule has 0 aromatic rings. The van der Waals surface area contributed by atoms with Crippen molar-refractivity contribution < 1.29 is 9.53 Å². The van der Waals surface area contributed by atoms with Gasteiger partial charge in [0.25, 0.3) is 0 Å². The first-order valence-corrected chi connectivity index (χ1v) is 7.42. The molecule has 5 heteroatoms. The number of urea groups is 1. The van der Waals surface area contributed by atoms with Gasteiger partial charge in [0.15, 0.2) is 0 Å². The molecule has 0 saturated carbocycles. The number of amides is 2. The summed E-state index contributed by atoms with van der Waals surface area (Å²) >= 11 is 0. The molecule has 1 atom stereocenters. The number of fused-ring (bicyclic) bond motifs is 2. The second-order valence-electron chi connectivity index (χ2n) is 6.47. The summed E-state index contributed by atoms with van der Waals surface area (Å²) in [7, 11) is 1.71. The third-order valence-electron chi connectivity index (χ3n) is 5.42. The number of hydrogen-bond acceptors (Lipinski definition) is 3. The van der Waals surface area contributed by atoms with Crippen LogP contribution in [0.5, 0.6) is 0 Å². The maximum Gasteiger partial charge on any atom is 0.317 e. The van der Waals surface area contributed by atoms with E-state index in [1.54, 1.807) is 7.05 Å². The molecule has 3 aliphatic heterocycles. The summed E-state index contributed by atoms with van der Waals surface area (Å²) in [5, 5.41) is 2.73. The van der Waals surface area contributed by atoms with Gasteiger partial charge in [-0.05, 0) is 32.6 Å². The van der Waals surface area contributed by atoms with Crippen molar-refractivity contribution in [3.8, 4) is 0 Å². The van der Waals surface area contributed by atoms with E-state index in [1.165, 1.54) is 12.8 Å². The first kappa shape index (κ1) is 13.2. The fourth-order valence-corrected chi connectivity index (χ4v) is 4.25. The zero-order valence-electron chi connectivity index (χ0n) is 12.1. The number of piperidine rings is 1. The molecular formula is C14H25N3O2. The van der Waals surface area contributed by atoms with Crippen LogP contribution in [-0.4, -0.2) is 66.8 Å². The lowest BCUT2D eigenvalue weighted by Gasteiger charge is -2.51. The number of hydrogen-bond donors (Lipinski definition) is 1. The van der Waals surface area contributed by atoms with Crippen LogP contribution in [0.15, 0.2) is 0 Å². The van der Waals surface area contributed by atoms with E-state index in [2.05, 4.69) is 17.1 Å². The Balaban J connectivity index is 1.71. The predicted molar refractivity (Wildman–Crippen MR) is 73.2 cm³/mol. The second-order valence-corrected chi connectivity index (χ2v) is 6.47. The van der Waals surface area contributed by atoms with E-state index >= 15 is 0 Å². The Morgan fingerprint density at radius 3 is 2.58 bits per heavy atom. The van der Waals surface area contributed by atoms with Gasteiger partial charge in [0, 0.05) is 37.8 Å². The van der Waals surface area contributed by atoms with Crippen LogP contribution >= 0.6 is 0 Å². The molecule has 108 valence electrons. The normalized spacial score (nSPS) is 34.3. The zero-order chi connectivity index (χ0) is 13.5. The number of ether oxygens (including phenoxy) is 1.